The van der Waals surface area contributed by atoms with Crippen LogP contribution in [-0.2, 0) is 23.9 Å². The fourth-order valence-corrected chi connectivity index (χ4v) is 4.13. The number of amides is 3. The average molecular weight is 527 g/mol. The molecular weight excluding hydrogens is 500 g/mol. The first kappa shape index (κ1) is 27.5. The van der Waals surface area contributed by atoms with Crippen LogP contribution >= 0.6 is 11.6 Å². The van der Waals surface area contributed by atoms with Gasteiger partial charge in [0, 0.05) is 36.8 Å². The van der Waals surface area contributed by atoms with Gasteiger partial charge in [-0.1, -0.05) is 18.5 Å². The summed E-state index contributed by atoms with van der Waals surface area (Å²) in [5.74, 6) is -1.39. The van der Waals surface area contributed by atoms with Crippen LogP contribution in [0.5, 0.6) is 5.75 Å². The monoisotopic (exact) mass is 526 g/mol. The van der Waals surface area contributed by atoms with Gasteiger partial charge in [0.2, 0.25) is 11.8 Å². The molecule has 194 valence electrons. The van der Waals surface area contributed by atoms with Crippen molar-refractivity contribution in [3.8, 4) is 11.8 Å². The van der Waals surface area contributed by atoms with Gasteiger partial charge in [-0.3, -0.25) is 19.2 Å². The van der Waals surface area contributed by atoms with Gasteiger partial charge in [0.25, 0.3) is 5.91 Å². The lowest BCUT2D eigenvalue weighted by Gasteiger charge is -2.33. The van der Waals surface area contributed by atoms with E-state index in [2.05, 4.69) is 15.4 Å². The zero-order valence-electron chi connectivity index (χ0n) is 20.7. The maximum absolute atomic E-state index is 12.7. The normalized spacial score (nSPS) is 15.1. The molecule has 0 radical (unpaired) electrons. The molecule has 1 heterocycles. The zero-order chi connectivity index (χ0) is 27.1. The van der Waals surface area contributed by atoms with Crippen molar-refractivity contribution in [3.05, 3.63) is 47.0 Å². The van der Waals surface area contributed by atoms with Crippen molar-refractivity contribution >= 4 is 52.4 Å². The third-order valence-corrected chi connectivity index (χ3v) is 5.99. The number of methoxy groups -OCH3 is 1. The number of esters is 1. The van der Waals surface area contributed by atoms with E-state index in [1.165, 1.54) is 24.1 Å². The lowest BCUT2D eigenvalue weighted by atomic mass is 10.0. The van der Waals surface area contributed by atoms with Crippen molar-refractivity contribution in [2.45, 2.75) is 39.2 Å². The van der Waals surface area contributed by atoms with E-state index < -0.39 is 12.1 Å². The second-order valence-electron chi connectivity index (χ2n) is 8.57. The summed E-state index contributed by atoms with van der Waals surface area (Å²) in [6.45, 7) is 3.97. The molecule has 0 fully saturated rings. The summed E-state index contributed by atoms with van der Waals surface area (Å²) < 4.78 is 10.4. The van der Waals surface area contributed by atoms with Gasteiger partial charge < -0.3 is 25.0 Å². The number of fused-ring (bicyclic) bond motifs is 1. The molecule has 0 saturated heterocycles. The lowest BCUT2D eigenvalue weighted by Crippen LogP contribution is -2.46. The summed E-state index contributed by atoms with van der Waals surface area (Å²) in [5, 5.41) is 14.7. The van der Waals surface area contributed by atoms with E-state index in [9.17, 15) is 19.2 Å². The van der Waals surface area contributed by atoms with Gasteiger partial charge >= 0.3 is 5.97 Å². The number of hydrogen-bond donors (Lipinski definition) is 2. The number of hydrogen-bond acceptors (Lipinski definition) is 7. The van der Waals surface area contributed by atoms with Crippen molar-refractivity contribution in [1.82, 2.24) is 0 Å². The molecule has 2 aromatic rings. The van der Waals surface area contributed by atoms with E-state index in [0.717, 1.165) is 0 Å². The van der Waals surface area contributed by atoms with Crippen LogP contribution in [-0.4, -0.2) is 43.4 Å². The zero-order valence-corrected chi connectivity index (χ0v) is 21.4. The van der Waals surface area contributed by atoms with Crippen LogP contribution < -0.4 is 20.3 Å². The van der Waals surface area contributed by atoms with E-state index in [1.807, 2.05) is 13.0 Å². The average Bonchev–Trinajstić information content (AvgIpc) is 2.84. The molecule has 1 aliphatic heterocycles. The number of likely N-dealkylation sites (N-methyl/N-ethyl adjacent to an activating group) is 1. The molecule has 2 unspecified atom stereocenters. The van der Waals surface area contributed by atoms with E-state index in [1.54, 1.807) is 31.2 Å². The Bertz CT molecular complexity index is 1260. The number of nitrogens with zero attached hydrogens (tertiary/aromatic N) is 2. The van der Waals surface area contributed by atoms with Crippen molar-refractivity contribution in [2.24, 2.45) is 5.92 Å². The Morgan fingerprint density at radius 1 is 1.14 bits per heavy atom. The summed E-state index contributed by atoms with van der Waals surface area (Å²) in [4.78, 5) is 50.9. The Kier molecular flexibility index (Phi) is 9.09. The van der Waals surface area contributed by atoms with Gasteiger partial charge in [0.1, 0.15) is 11.8 Å². The molecule has 37 heavy (non-hydrogen) atoms. The molecule has 0 spiro atoms. The molecule has 2 aromatic carbocycles. The summed E-state index contributed by atoms with van der Waals surface area (Å²) in [6, 6.07) is 11.5. The maximum Gasteiger partial charge on any atom is 0.309 e. The van der Waals surface area contributed by atoms with Gasteiger partial charge in [0.05, 0.1) is 29.8 Å². The second kappa shape index (κ2) is 12.2. The summed E-state index contributed by atoms with van der Waals surface area (Å²) in [5.41, 5.74) is 1.77. The van der Waals surface area contributed by atoms with Crippen LogP contribution in [0, 0.1) is 17.2 Å². The predicted molar refractivity (Wildman–Crippen MR) is 137 cm³/mol. The minimum Gasteiger partial charge on any atom is -0.478 e. The fraction of sp³-hybridized carbons (Fsp3) is 0.346. The number of nitrogens with one attached hydrogen (secondary N) is 2. The molecule has 2 N–H and O–H groups in total. The van der Waals surface area contributed by atoms with E-state index >= 15 is 0 Å². The Morgan fingerprint density at radius 2 is 1.76 bits per heavy atom. The van der Waals surface area contributed by atoms with Gasteiger partial charge in [-0.05, 0) is 43.2 Å². The van der Waals surface area contributed by atoms with Gasteiger partial charge in [0.15, 0.2) is 6.10 Å². The number of anilines is 3. The first-order valence-corrected chi connectivity index (χ1v) is 12.0. The minimum atomic E-state index is -1.02. The molecule has 3 rings (SSSR count). The third-order valence-electron chi connectivity index (χ3n) is 5.68. The molecule has 0 bridgehead atoms. The van der Waals surface area contributed by atoms with Crippen LogP contribution in [0.3, 0.4) is 0 Å². The number of rotatable bonds is 9. The molecule has 0 aliphatic carbocycles. The lowest BCUT2D eigenvalue weighted by molar-refractivity contribution is -0.145. The van der Waals surface area contributed by atoms with Gasteiger partial charge in [-0.2, -0.15) is 5.26 Å². The highest BCUT2D eigenvalue weighted by atomic mass is 35.5. The van der Waals surface area contributed by atoms with Crippen LogP contribution in [0.15, 0.2) is 36.4 Å². The van der Waals surface area contributed by atoms with E-state index in [4.69, 9.17) is 21.6 Å². The molecule has 11 heteroatoms. The summed E-state index contributed by atoms with van der Waals surface area (Å²) in [7, 11) is 1.24. The summed E-state index contributed by atoms with van der Waals surface area (Å²) in [6.07, 6.45) is -1.06. The third kappa shape index (κ3) is 6.98. The Balaban J connectivity index is 1.59. The minimum absolute atomic E-state index is 0.0873. The topological polar surface area (TPSA) is 138 Å². The van der Waals surface area contributed by atoms with E-state index in [0.29, 0.717) is 34.9 Å². The summed E-state index contributed by atoms with van der Waals surface area (Å²) >= 11 is 5.99. The number of ether oxygens (including phenoxy) is 2. The van der Waals surface area contributed by atoms with Gasteiger partial charge in [-0.25, -0.2) is 0 Å². The van der Waals surface area contributed by atoms with Crippen LogP contribution in [0.4, 0.5) is 17.1 Å². The number of nitriles is 1. The molecule has 0 saturated carbocycles. The van der Waals surface area contributed by atoms with Crippen LogP contribution in [0.25, 0.3) is 0 Å². The molecule has 1 aliphatic rings. The second-order valence-corrected chi connectivity index (χ2v) is 8.98. The largest absolute Gasteiger partial charge is 0.478 e. The van der Waals surface area contributed by atoms with Crippen molar-refractivity contribution in [2.75, 3.05) is 29.2 Å². The molecule has 3 amide bonds. The molecular formula is C26H27ClN4O6. The van der Waals surface area contributed by atoms with Crippen molar-refractivity contribution in [1.29, 1.82) is 5.26 Å². The highest BCUT2D eigenvalue weighted by Gasteiger charge is 2.35. The molecule has 10 nitrogen and oxygen atoms in total. The number of benzene rings is 2. The van der Waals surface area contributed by atoms with E-state index in [-0.39, 0.29) is 47.9 Å². The maximum atomic E-state index is 12.7. The first-order valence-electron chi connectivity index (χ1n) is 11.6. The first-order chi connectivity index (χ1) is 17.6. The van der Waals surface area contributed by atoms with Crippen LogP contribution in [0.1, 0.15) is 38.7 Å². The number of halogens is 1. The number of carbonyl (C=O) groups excluding carboxylic acids is 4. The Morgan fingerprint density at radius 3 is 2.32 bits per heavy atom. The van der Waals surface area contributed by atoms with Gasteiger partial charge in [-0.15, -0.1) is 0 Å². The highest BCUT2D eigenvalue weighted by molar-refractivity contribution is 6.32. The Labute approximate surface area is 219 Å². The molecule has 2 atom stereocenters. The predicted octanol–water partition coefficient (Wildman–Crippen LogP) is 3.88. The highest BCUT2D eigenvalue weighted by Crippen LogP contribution is 2.37. The van der Waals surface area contributed by atoms with Crippen LogP contribution in [0.2, 0.25) is 5.02 Å². The number of carbonyl (C=O) groups is 4. The van der Waals surface area contributed by atoms with Crippen molar-refractivity contribution in [3.63, 3.8) is 0 Å². The quantitative estimate of drug-likeness (QED) is 0.473. The standard InChI is InChI=1S/C26H27ClN4O6/c1-4-31-20-8-7-18(12-21(20)37-22(26(31)35)13-25(34)36-3)30-24(33)10-15(2)9-23(32)29-17-6-5-16(14-28)19(27)11-17/h5-8,11-12,15,22H,4,9-10,13H2,1-3H3,(H,29,32)(H,30,33). The fourth-order valence-electron chi connectivity index (χ4n) is 3.91. The molecule has 0 aromatic heterocycles. The SMILES string of the molecule is CCN1C(=O)C(CC(=O)OC)Oc2cc(NC(=O)CC(C)CC(=O)Nc3ccc(C#N)c(Cl)c3)ccc21. The smallest absolute Gasteiger partial charge is 0.309 e. The van der Waals surface area contributed by atoms with Crippen molar-refractivity contribution < 1.29 is 28.7 Å². The Hall–Kier alpha value is -4.10.